The van der Waals surface area contributed by atoms with E-state index in [-0.39, 0.29) is 11.8 Å². The predicted molar refractivity (Wildman–Crippen MR) is 118 cm³/mol. The second kappa shape index (κ2) is 11.4. The topological polar surface area (TPSA) is 49.4 Å². The van der Waals surface area contributed by atoms with Crippen LogP contribution in [0.3, 0.4) is 0 Å². The number of benzene rings is 2. The fourth-order valence-electron chi connectivity index (χ4n) is 3.34. The van der Waals surface area contributed by atoms with Crippen molar-refractivity contribution in [1.29, 1.82) is 0 Å². The van der Waals surface area contributed by atoms with Crippen molar-refractivity contribution in [3.8, 4) is 0 Å². The molecular formula is C25H34N2O2. The molecule has 29 heavy (non-hydrogen) atoms. The van der Waals surface area contributed by atoms with E-state index in [1.54, 1.807) is 4.90 Å². The third-order valence-corrected chi connectivity index (χ3v) is 4.85. The molecule has 2 rings (SSSR count). The Labute approximate surface area is 175 Å². The Morgan fingerprint density at radius 2 is 1.69 bits per heavy atom. The minimum Gasteiger partial charge on any atom is -0.354 e. The molecule has 0 aromatic heterocycles. The van der Waals surface area contributed by atoms with Gasteiger partial charge in [0.2, 0.25) is 11.8 Å². The molecule has 0 fully saturated rings. The Kier molecular flexibility index (Phi) is 8.91. The summed E-state index contributed by atoms with van der Waals surface area (Å²) in [6.07, 6.45) is 1.70. The molecule has 1 N–H and O–H groups in total. The monoisotopic (exact) mass is 394 g/mol. The fourth-order valence-corrected chi connectivity index (χ4v) is 3.34. The summed E-state index contributed by atoms with van der Waals surface area (Å²) in [4.78, 5) is 28.0. The SMILES string of the molecule is CCCC(=O)N(Cc1cccc(C)c1)C(Cc1ccccc1)C(=O)NCC(C)C. The minimum atomic E-state index is -0.532. The molecule has 0 saturated carbocycles. The fraction of sp³-hybridized carbons (Fsp3) is 0.440. The van der Waals surface area contributed by atoms with Crippen molar-refractivity contribution in [3.63, 3.8) is 0 Å². The van der Waals surface area contributed by atoms with Crippen LogP contribution in [0.2, 0.25) is 0 Å². The van der Waals surface area contributed by atoms with Crippen LogP contribution >= 0.6 is 0 Å². The molecule has 2 aromatic carbocycles. The molecule has 0 bridgehead atoms. The van der Waals surface area contributed by atoms with Crippen LogP contribution in [0.4, 0.5) is 0 Å². The number of hydrogen-bond acceptors (Lipinski definition) is 2. The quantitative estimate of drug-likeness (QED) is 0.645. The highest BCUT2D eigenvalue weighted by Crippen LogP contribution is 2.17. The van der Waals surface area contributed by atoms with E-state index in [0.717, 1.165) is 23.1 Å². The van der Waals surface area contributed by atoms with E-state index in [1.165, 1.54) is 0 Å². The van der Waals surface area contributed by atoms with Crippen molar-refractivity contribution in [2.45, 2.75) is 59.5 Å². The number of carbonyl (C=O) groups is 2. The van der Waals surface area contributed by atoms with E-state index in [4.69, 9.17) is 0 Å². The van der Waals surface area contributed by atoms with E-state index in [9.17, 15) is 9.59 Å². The highest BCUT2D eigenvalue weighted by atomic mass is 16.2. The number of nitrogens with zero attached hydrogens (tertiary/aromatic N) is 1. The zero-order chi connectivity index (χ0) is 21.2. The molecule has 4 heteroatoms. The summed E-state index contributed by atoms with van der Waals surface area (Å²) >= 11 is 0. The number of carbonyl (C=O) groups excluding carboxylic acids is 2. The first-order valence-electron chi connectivity index (χ1n) is 10.6. The molecule has 156 valence electrons. The molecule has 0 aliphatic rings. The van der Waals surface area contributed by atoms with Gasteiger partial charge in [-0.25, -0.2) is 0 Å². The molecule has 0 radical (unpaired) electrons. The normalized spacial score (nSPS) is 11.9. The Hall–Kier alpha value is -2.62. The van der Waals surface area contributed by atoms with Gasteiger partial charge in [-0.1, -0.05) is 80.9 Å². The maximum atomic E-state index is 13.2. The molecule has 0 heterocycles. The van der Waals surface area contributed by atoms with Crippen molar-refractivity contribution in [1.82, 2.24) is 10.2 Å². The smallest absolute Gasteiger partial charge is 0.243 e. The van der Waals surface area contributed by atoms with Gasteiger partial charge in [-0.2, -0.15) is 0 Å². The second-order valence-electron chi connectivity index (χ2n) is 8.11. The summed E-state index contributed by atoms with van der Waals surface area (Å²) in [6.45, 7) is 9.21. The molecule has 1 unspecified atom stereocenters. The largest absolute Gasteiger partial charge is 0.354 e. The molecule has 0 aliphatic carbocycles. The highest BCUT2D eigenvalue weighted by molar-refractivity contribution is 5.88. The summed E-state index contributed by atoms with van der Waals surface area (Å²) in [5.74, 6) is 0.294. The number of hydrogen-bond donors (Lipinski definition) is 1. The summed E-state index contributed by atoms with van der Waals surface area (Å²) in [5.41, 5.74) is 3.24. The molecule has 0 aliphatic heterocycles. The van der Waals surface area contributed by atoms with Gasteiger partial charge >= 0.3 is 0 Å². The molecule has 4 nitrogen and oxygen atoms in total. The summed E-state index contributed by atoms with van der Waals surface area (Å²) in [5, 5.41) is 3.04. The molecule has 0 saturated heterocycles. The van der Waals surface area contributed by atoms with Crippen LogP contribution < -0.4 is 5.32 Å². The maximum Gasteiger partial charge on any atom is 0.243 e. The van der Waals surface area contributed by atoms with E-state index < -0.39 is 6.04 Å². The first kappa shape index (κ1) is 22.7. The molecule has 2 aromatic rings. The van der Waals surface area contributed by atoms with Crippen molar-refractivity contribution in [2.75, 3.05) is 6.54 Å². The van der Waals surface area contributed by atoms with Crippen LogP contribution in [-0.2, 0) is 22.6 Å². The third kappa shape index (κ3) is 7.37. The Bertz CT molecular complexity index is 786. The van der Waals surface area contributed by atoms with Gasteiger partial charge in [0, 0.05) is 25.9 Å². The Morgan fingerprint density at radius 1 is 1.00 bits per heavy atom. The van der Waals surface area contributed by atoms with Crippen LogP contribution in [-0.4, -0.2) is 29.3 Å². The van der Waals surface area contributed by atoms with Crippen LogP contribution in [0.15, 0.2) is 54.6 Å². The van der Waals surface area contributed by atoms with Crippen LogP contribution in [0, 0.1) is 12.8 Å². The van der Waals surface area contributed by atoms with E-state index in [2.05, 4.69) is 25.2 Å². The van der Waals surface area contributed by atoms with Gasteiger partial charge in [0.15, 0.2) is 0 Å². The van der Waals surface area contributed by atoms with Gasteiger partial charge in [0.25, 0.3) is 0 Å². The summed E-state index contributed by atoms with van der Waals surface area (Å²) in [6, 6.07) is 17.5. The number of nitrogens with one attached hydrogen (secondary N) is 1. The molecule has 2 amide bonds. The lowest BCUT2D eigenvalue weighted by Crippen LogP contribution is -2.51. The molecule has 1 atom stereocenters. The molecular weight excluding hydrogens is 360 g/mol. The zero-order valence-corrected chi connectivity index (χ0v) is 18.2. The lowest BCUT2D eigenvalue weighted by Gasteiger charge is -2.32. The van der Waals surface area contributed by atoms with Crippen molar-refractivity contribution in [3.05, 3.63) is 71.3 Å². The van der Waals surface area contributed by atoms with Crippen molar-refractivity contribution < 1.29 is 9.59 Å². The number of aryl methyl sites for hydroxylation is 1. The lowest BCUT2D eigenvalue weighted by atomic mass is 10.0. The van der Waals surface area contributed by atoms with Crippen LogP contribution in [0.1, 0.15) is 50.3 Å². The second-order valence-corrected chi connectivity index (χ2v) is 8.11. The third-order valence-electron chi connectivity index (χ3n) is 4.85. The van der Waals surface area contributed by atoms with Gasteiger partial charge in [-0.15, -0.1) is 0 Å². The predicted octanol–water partition coefficient (Wildman–Crippen LogP) is 4.51. The van der Waals surface area contributed by atoms with Crippen LogP contribution in [0.25, 0.3) is 0 Å². The van der Waals surface area contributed by atoms with Gasteiger partial charge in [0.05, 0.1) is 0 Å². The first-order chi connectivity index (χ1) is 13.9. The number of rotatable bonds is 10. The van der Waals surface area contributed by atoms with Gasteiger partial charge in [0.1, 0.15) is 6.04 Å². The highest BCUT2D eigenvalue weighted by Gasteiger charge is 2.29. The average Bonchev–Trinajstić information content (AvgIpc) is 2.69. The first-order valence-corrected chi connectivity index (χ1v) is 10.6. The standard InChI is InChI=1S/C25H34N2O2/c1-5-10-24(28)27(18-22-14-9-11-20(4)15-22)23(25(29)26-17-19(2)3)16-21-12-7-6-8-13-21/h6-9,11-15,19,23H,5,10,16-18H2,1-4H3,(H,26,29). The summed E-state index contributed by atoms with van der Waals surface area (Å²) < 4.78 is 0. The van der Waals surface area contributed by atoms with Gasteiger partial charge < -0.3 is 10.2 Å². The minimum absolute atomic E-state index is 0.0228. The van der Waals surface area contributed by atoms with Crippen molar-refractivity contribution in [2.24, 2.45) is 5.92 Å². The van der Waals surface area contributed by atoms with E-state index in [1.807, 2.05) is 62.4 Å². The molecule has 0 spiro atoms. The van der Waals surface area contributed by atoms with E-state index >= 15 is 0 Å². The zero-order valence-electron chi connectivity index (χ0n) is 18.2. The van der Waals surface area contributed by atoms with Crippen LogP contribution in [0.5, 0.6) is 0 Å². The van der Waals surface area contributed by atoms with Gasteiger partial charge in [-0.3, -0.25) is 9.59 Å². The summed E-state index contributed by atoms with van der Waals surface area (Å²) in [7, 11) is 0. The average molecular weight is 395 g/mol. The lowest BCUT2D eigenvalue weighted by molar-refractivity contribution is -0.141. The van der Waals surface area contributed by atoms with Crippen molar-refractivity contribution >= 4 is 11.8 Å². The Balaban J connectivity index is 2.34. The van der Waals surface area contributed by atoms with Gasteiger partial charge in [-0.05, 0) is 30.4 Å². The Morgan fingerprint density at radius 3 is 2.31 bits per heavy atom. The maximum absolute atomic E-state index is 13.2. The van der Waals surface area contributed by atoms with E-state index in [0.29, 0.717) is 31.8 Å². The number of amides is 2.